The normalized spacial score (nSPS) is 15.9. The summed E-state index contributed by atoms with van der Waals surface area (Å²) in [6.45, 7) is 0.801. The molecule has 0 amide bonds. The predicted molar refractivity (Wildman–Crippen MR) is 77.7 cm³/mol. The van der Waals surface area contributed by atoms with Crippen LogP contribution in [0.25, 0.3) is 0 Å². The molecule has 0 aliphatic carbocycles. The van der Waals surface area contributed by atoms with Crippen LogP contribution in [0, 0.1) is 0 Å². The molecule has 160 valence electrons. The average Bonchev–Trinajstić information content (AvgIpc) is 2.59. The Morgan fingerprint density at radius 3 is 1.68 bits per heavy atom. The van der Waals surface area contributed by atoms with Gasteiger partial charge in [0.05, 0.1) is 24.7 Å². The van der Waals surface area contributed by atoms with Crippen LogP contribution >= 0.6 is 0 Å². The van der Waals surface area contributed by atoms with Crippen LogP contribution < -0.4 is 0 Å². The molecule has 1 aromatic carbocycles. The third-order valence-electron chi connectivity index (χ3n) is 4.14. The second kappa shape index (κ2) is 7.45. The van der Waals surface area contributed by atoms with E-state index in [4.69, 9.17) is 4.74 Å². The minimum atomic E-state index is -6.98. The lowest BCUT2D eigenvalue weighted by molar-refractivity contribution is -0.400. The van der Waals surface area contributed by atoms with Gasteiger partial charge in [-0.15, -0.1) is 0 Å². The van der Waals surface area contributed by atoms with Gasteiger partial charge in [-0.05, 0) is 24.6 Å². The molecule has 28 heavy (non-hydrogen) atoms. The number of rotatable bonds is 7. The van der Waals surface area contributed by atoms with E-state index >= 15 is 0 Å². The summed E-state index contributed by atoms with van der Waals surface area (Å²) >= 11 is 0. The minimum Gasteiger partial charge on any atom is -0.465 e. The lowest BCUT2D eigenvalue weighted by atomic mass is 9.85. The first-order valence-electron chi connectivity index (χ1n) is 7.41. The first-order chi connectivity index (χ1) is 12.5. The van der Waals surface area contributed by atoms with Crippen molar-refractivity contribution in [2.45, 2.75) is 42.9 Å². The maximum atomic E-state index is 14.0. The monoisotopic (exact) mass is 426 g/mol. The summed E-state index contributed by atoms with van der Waals surface area (Å²) in [5.74, 6) is -20.3. The van der Waals surface area contributed by atoms with Gasteiger partial charge in [0.15, 0.2) is 0 Å². The molecule has 1 unspecified atom stereocenters. The van der Waals surface area contributed by atoms with E-state index in [-0.39, 0.29) is 11.1 Å². The molecule has 0 bridgehead atoms. The molecule has 0 aliphatic heterocycles. The largest absolute Gasteiger partial charge is 0.465 e. The molecule has 1 atom stereocenters. The first kappa shape index (κ1) is 24.1. The van der Waals surface area contributed by atoms with Crippen molar-refractivity contribution in [2.24, 2.45) is 0 Å². The fourth-order valence-corrected chi connectivity index (χ4v) is 2.31. The van der Waals surface area contributed by atoms with Gasteiger partial charge in [-0.3, -0.25) is 0 Å². The quantitative estimate of drug-likeness (QED) is 0.445. The summed E-state index contributed by atoms with van der Waals surface area (Å²) in [6.07, 6.45) is -9.10. The molecule has 0 aromatic heterocycles. The number of ether oxygens (including phenoxy) is 2. The Hall–Kier alpha value is -1.98. The zero-order valence-electron chi connectivity index (χ0n) is 14.6. The van der Waals surface area contributed by atoms with Crippen LogP contribution in [0.15, 0.2) is 24.3 Å². The van der Waals surface area contributed by atoms with Gasteiger partial charge < -0.3 is 9.47 Å². The van der Waals surface area contributed by atoms with E-state index in [9.17, 15) is 44.3 Å². The standard InChI is InChI=1S/C16H15F9O3/c1-12(28-3,10-6-4-9(5-7-10)11(26)27-2)8-13(17,18)14(19,20)15(21,22)16(23,24)25/h4-7H,8H2,1-3H3. The zero-order chi connectivity index (χ0) is 22.2. The Bertz CT molecular complexity index is 698. The molecule has 1 aromatic rings. The van der Waals surface area contributed by atoms with Crippen LogP contribution in [0.1, 0.15) is 29.3 Å². The van der Waals surface area contributed by atoms with Crippen molar-refractivity contribution in [1.82, 2.24) is 0 Å². The highest BCUT2D eigenvalue weighted by molar-refractivity contribution is 5.89. The molecule has 0 radical (unpaired) electrons. The van der Waals surface area contributed by atoms with E-state index < -0.39 is 41.9 Å². The number of hydrogen-bond donors (Lipinski definition) is 0. The lowest BCUT2D eigenvalue weighted by Crippen LogP contribution is -2.62. The molecule has 0 fully saturated rings. The second-order valence-corrected chi connectivity index (χ2v) is 6.03. The second-order valence-electron chi connectivity index (χ2n) is 6.03. The molecule has 3 nitrogen and oxygen atoms in total. The van der Waals surface area contributed by atoms with Crippen molar-refractivity contribution in [3.8, 4) is 0 Å². The fraction of sp³-hybridized carbons (Fsp3) is 0.562. The van der Waals surface area contributed by atoms with Gasteiger partial charge >= 0.3 is 29.9 Å². The number of carbonyl (C=O) groups excluding carboxylic acids is 1. The average molecular weight is 426 g/mol. The van der Waals surface area contributed by atoms with Crippen molar-refractivity contribution in [2.75, 3.05) is 14.2 Å². The van der Waals surface area contributed by atoms with E-state index in [1.165, 1.54) is 0 Å². The van der Waals surface area contributed by atoms with Crippen LogP contribution in [0.2, 0.25) is 0 Å². The molecule has 0 saturated carbocycles. The third-order valence-corrected chi connectivity index (χ3v) is 4.14. The van der Waals surface area contributed by atoms with Crippen LogP contribution in [-0.2, 0) is 15.1 Å². The Kier molecular flexibility index (Phi) is 6.40. The Balaban J connectivity index is 3.30. The molecular weight excluding hydrogens is 411 g/mol. The van der Waals surface area contributed by atoms with Gasteiger partial charge in [0.25, 0.3) is 0 Å². The van der Waals surface area contributed by atoms with Gasteiger partial charge in [-0.25, -0.2) is 4.79 Å². The summed E-state index contributed by atoms with van der Waals surface area (Å²) in [5, 5.41) is 0. The van der Waals surface area contributed by atoms with Crippen molar-refractivity contribution < 1.29 is 53.8 Å². The third kappa shape index (κ3) is 4.06. The van der Waals surface area contributed by atoms with Gasteiger partial charge in [-0.1, -0.05) is 12.1 Å². The zero-order valence-corrected chi connectivity index (χ0v) is 14.6. The van der Waals surface area contributed by atoms with Crippen molar-refractivity contribution in [1.29, 1.82) is 0 Å². The van der Waals surface area contributed by atoms with E-state index in [2.05, 4.69) is 4.74 Å². The number of hydrogen-bond acceptors (Lipinski definition) is 3. The van der Waals surface area contributed by atoms with E-state index in [1.54, 1.807) is 0 Å². The fourth-order valence-electron chi connectivity index (χ4n) is 2.31. The van der Waals surface area contributed by atoms with E-state index in [0.717, 1.165) is 45.4 Å². The Labute approximate surface area is 153 Å². The maximum Gasteiger partial charge on any atom is 0.460 e. The summed E-state index contributed by atoms with van der Waals surface area (Å²) in [6, 6.07) is 4.09. The number of benzene rings is 1. The van der Waals surface area contributed by atoms with Crippen LogP contribution in [0.4, 0.5) is 39.5 Å². The van der Waals surface area contributed by atoms with Gasteiger partial charge in [0.1, 0.15) is 0 Å². The summed E-state index contributed by atoms with van der Waals surface area (Å²) in [5.41, 5.74) is -2.71. The lowest BCUT2D eigenvalue weighted by Gasteiger charge is -2.38. The number of methoxy groups -OCH3 is 2. The molecular formula is C16H15F9O3. The van der Waals surface area contributed by atoms with Gasteiger partial charge in [0.2, 0.25) is 0 Å². The van der Waals surface area contributed by atoms with Crippen LogP contribution in [-0.4, -0.2) is 44.1 Å². The van der Waals surface area contributed by atoms with Crippen LogP contribution in [0.3, 0.4) is 0 Å². The first-order valence-corrected chi connectivity index (χ1v) is 7.41. The highest BCUT2D eigenvalue weighted by atomic mass is 19.4. The van der Waals surface area contributed by atoms with E-state index in [0.29, 0.717) is 0 Å². The summed E-state index contributed by atoms with van der Waals surface area (Å²) in [7, 11) is 1.84. The predicted octanol–water partition coefficient (Wildman–Crippen LogP) is 5.19. The SMILES string of the molecule is COC(=O)c1ccc(C(C)(CC(F)(F)C(F)(F)C(F)(F)C(F)(F)F)OC)cc1. The van der Waals surface area contributed by atoms with Crippen molar-refractivity contribution in [3.63, 3.8) is 0 Å². The van der Waals surface area contributed by atoms with Gasteiger partial charge in [0, 0.05) is 7.11 Å². The minimum absolute atomic E-state index is 0.0506. The highest BCUT2D eigenvalue weighted by Gasteiger charge is 2.82. The topological polar surface area (TPSA) is 35.5 Å². The summed E-state index contributed by atoms with van der Waals surface area (Å²) < 4.78 is 127. The molecule has 0 spiro atoms. The molecule has 12 heteroatoms. The number of alkyl halides is 9. The number of esters is 1. The maximum absolute atomic E-state index is 14.0. The van der Waals surface area contributed by atoms with Crippen LogP contribution in [0.5, 0.6) is 0 Å². The van der Waals surface area contributed by atoms with Crippen molar-refractivity contribution in [3.05, 3.63) is 35.4 Å². The molecule has 1 rings (SSSR count). The molecule has 0 N–H and O–H groups in total. The Morgan fingerprint density at radius 1 is 0.857 bits per heavy atom. The molecule has 0 saturated heterocycles. The summed E-state index contributed by atoms with van der Waals surface area (Å²) in [4.78, 5) is 11.3. The van der Waals surface area contributed by atoms with Gasteiger partial charge in [-0.2, -0.15) is 39.5 Å². The van der Waals surface area contributed by atoms with E-state index in [1.807, 2.05) is 0 Å². The molecule has 0 aliphatic rings. The smallest absolute Gasteiger partial charge is 0.460 e. The number of carbonyl (C=O) groups is 1. The number of halogens is 9. The van der Waals surface area contributed by atoms with Crippen molar-refractivity contribution >= 4 is 5.97 Å². The highest BCUT2D eigenvalue weighted by Crippen LogP contribution is 2.56. The molecule has 0 heterocycles. The Morgan fingerprint density at radius 2 is 1.32 bits per heavy atom.